The summed E-state index contributed by atoms with van der Waals surface area (Å²) in [5.41, 5.74) is 1.80. The average Bonchev–Trinajstić information content (AvgIpc) is 3.15. The summed E-state index contributed by atoms with van der Waals surface area (Å²) in [6, 6.07) is 5.63. The summed E-state index contributed by atoms with van der Waals surface area (Å²) in [5, 5.41) is 9.17. The largest absolute Gasteiger partial charge is 0.311 e. The number of amides is 1. The minimum absolute atomic E-state index is 0.193. The number of aromatic amines is 1. The molecule has 2 N–H and O–H groups in total. The van der Waals surface area contributed by atoms with Gasteiger partial charge in [0, 0.05) is 24.2 Å². The molecule has 124 valence electrons. The summed E-state index contributed by atoms with van der Waals surface area (Å²) in [5.74, 6) is 0.511. The molecule has 3 aromatic heterocycles. The van der Waals surface area contributed by atoms with Crippen LogP contribution in [0, 0.1) is 6.92 Å². The molecule has 0 atom stereocenters. The number of nitrogens with one attached hydrogen (secondary N) is 2. The van der Waals surface area contributed by atoms with E-state index < -0.39 is 0 Å². The molecule has 0 fully saturated rings. The summed E-state index contributed by atoms with van der Waals surface area (Å²) in [7, 11) is 0. The number of nitrogens with zero attached hydrogens (tertiary/aromatic N) is 3. The van der Waals surface area contributed by atoms with Crippen molar-refractivity contribution in [2.45, 2.75) is 27.2 Å². The van der Waals surface area contributed by atoms with Crippen LogP contribution in [0.5, 0.6) is 0 Å². The van der Waals surface area contributed by atoms with Crippen LogP contribution < -0.4 is 10.9 Å². The second-order valence-electron chi connectivity index (χ2n) is 5.29. The van der Waals surface area contributed by atoms with E-state index in [0.717, 1.165) is 4.88 Å². The number of thiophene rings is 1. The molecule has 0 saturated carbocycles. The van der Waals surface area contributed by atoms with Gasteiger partial charge in [-0.3, -0.25) is 14.6 Å². The Morgan fingerprint density at radius 2 is 2.25 bits per heavy atom. The lowest BCUT2D eigenvalue weighted by molar-refractivity contribution is -0.114. The molecule has 0 aliphatic heterocycles. The third kappa shape index (κ3) is 3.00. The van der Waals surface area contributed by atoms with Crippen LogP contribution in [0.15, 0.2) is 28.4 Å². The van der Waals surface area contributed by atoms with E-state index in [2.05, 4.69) is 20.4 Å². The minimum atomic E-state index is -0.224. The van der Waals surface area contributed by atoms with E-state index >= 15 is 0 Å². The van der Waals surface area contributed by atoms with Crippen molar-refractivity contribution in [3.05, 3.63) is 45.2 Å². The molecule has 1 amide bonds. The van der Waals surface area contributed by atoms with Gasteiger partial charge in [0.15, 0.2) is 0 Å². The highest BCUT2D eigenvalue weighted by molar-refractivity contribution is 7.13. The Kier molecular flexibility index (Phi) is 4.30. The van der Waals surface area contributed by atoms with Crippen molar-refractivity contribution < 1.29 is 4.79 Å². The fourth-order valence-corrected chi connectivity index (χ4v) is 3.15. The number of anilines is 1. The van der Waals surface area contributed by atoms with Crippen molar-refractivity contribution in [1.82, 2.24) is 19.7 Å². The molecule has 0 radical (unpaired) electrons. The number of aryl methyl sites for hydroxylation is 1. The predicted molar refractivity (Wildman–Crippen MR) is 93.7 cm³/mol. The van der Waals surface area contributed by atoms with E-state index in [9.17, 15) is 9.59 Å². The highest BCUT2D eigenvalue weighted by atomic mass is 32.1. The van der Waals surface area contributed by atoms with Crippen LogP contribution in [0.4, 0.5) is 5.82 Å². The van der Waals surface area contributed by atoms with Crippen LogP contribution in [0.1, 0.15) is 25.1 Å². The lowest BCUT2D eigenvalue weighted by Gasteiger charge is -2.08. The van der Waals surface area contributed by atoms with E-state index in [0.29, 0.717) is 29.2 Å². The average molecular weight is 343 g/mol. The summed E-state index contributed by atoms with van der Waals surface area (Å²) in [6.07, 6.45) is 0.604. The molecule has 0 unspecified atom stereocenters. The number of aromatic nitrogens is 4. The number of rotatable bonds is 4. The quantitative estimate of drug-likeness (QED) is 0.761. The molecule has 7 nitrogen and oxygen atoms in total. The SMILES string of the molecule is CCc1c(C)nc(-n2nc(-c3cccs3)cc2NC(C)=O)[nH]c1=O. The number of carbonyl (C=O) groups excluding carboxylic acids is 1. The van der Waals surface area contributed by atoms with Gasteiger partial charge in [0.25, 0.3) is 5.56 Å². The molecule has 0 aliphatic carbocycles. The lowest BCUT2D eigenvalue weighted by Crippen LogP contribution is -2.21. The maximum Gasteiger partial charge on any atom is 0.255 e. The maximum absolute atomic E-state index is 12.2. The summed E-state index contributed by atoms with van der Waals surface area (Å²) < 4.78 is 1.45. The number of hydrogen-bond donors (Lipinski definition) is 2. The molecule has 0 bridgehead atoms. The monoisotopic (exact) mass is 343 g/mol. The first kappa shape index (κ1) is 16.1. The van der Waals surface area contributed by atoms with Crippen molar-refractivity contribution >= 4 is 23.1 Å². The van der Waals surface area contributed by atoms with E-state index in [1.807, 2.05) is 24.4 Å². The van der Waals surface area contributed by atoms with Crippen LogP contribution in [0.3, 0.4) is 0 Å². The topological polar surface area (TPSA) is 92.7 Å². The summed E-state index contributed by atoms with van der Waals surface area (Å²) >= 11 is 1.54. The van der Waals surface area contributed by atoms with Crippen molar-refractivity contribution in [3.8, 4) is 16.5 Å². The normalized spacial score (nSPS) is 10.8. The van der Waals surface area contributed by atoms with Crippen molar-refractivity contribution in [2.24, 2.45) is 0 Å². The highest BCUT2D eigenvalue weighted by Gasteiger charge is 2.16. The minimum Gasteiger partial charge on any atom is -0.311 e. The van der Waals surface area contributed by atoms with Gasteiger partial charge in [-0.05, 0) is 24.8 Å². The second kappa shape index (κ2) is 6.40. The Bertz CT molecular complexity index is 940. The molecule has 3 heterocycles. The highest BCUT2D eigenvalue weighted by Crippen LogP contribution is 2.27. The Morgan fingerprint density at radius 3 is 2.83 bits per heavy atom. The van der Waals surface area contributed by atoms with Crippen LogP contribution in [0.2, 0.25) is 0 Å². The van der Waals surface area contributed by atoms with Gasteiger partial charge in [0.2, 0.25) is 11.9 Å². The first-order valence-corrected chi connectivity index (χ1v) is 8.39. The van der Waals surface area contributed by atoms with Crippen LogP contribution in [-0.2, 0) is 11.2 Å². The molecular formula is C16H17N5O2S. The summed E-state index contributed by atoms with van der Waals surface area (Å²) in [6.45, 7) is 5.12. The first-order valence-electron chi connectivity index (χ1n) is 7.51. The van der Waals surface area contributed by atoms with Gasteiger partial charge in [0.1, 0.15) is 11.5 Å². The Balaban J connectivity index is 2.16. The van der Waals surface area contributed by atoms with E-state index in [1.165, 1.54) is 11.6 Å². The maximum atomic E-state index is 12.2. The molecule has 8 heteroatoms. The van der Waals surface area contributed by atoms with Gasteiger partial charge < -0.3 is 5.32 Å². The Hall–Kier alpha value is -2.74. The van der Waals surface area contributed by atoms with E-state index in [4.69, 9.17) is 0 Å². The molecule has 0 spiro atoms. The molecule has 3 aromatic rings. The number of H-pyrrole nitrogens is 1. The second-order valence-corrected chi connectivity index (χ2v) is 6.24. The first-order chi connectivity index (χ1) is 11.5. The van der Waals surface area contributed by atoms with Crippen molar-refractivity contribution in [3.63, 3.8) is 0 Å². The van der Waals surface area contributed by atoms with Gasteiger partial charge in [-0.2, -0.15) is 9.78 Å². The molecule has 0 aliphatic rings. The third-order valence-corrected chi connectivity index (χ3v) is 4.44. The molecule has 0 aromatic carbocycles. The number of hydrogen-bond acceptors (Lipinski definition) is 5. The third-order valence-electron chi connectivity index (χ3n) is 3.55. The molecule has 0 saturated heterocycles. The van der Waals surface area contributed by atoms with Crippen molar-refractivity contribution in [1.29, 1.82) is 0 Å². The van der Waals surface area contributed by atoms with Crippen LogP contribution >= 0.6 is 11.3 Å². The zero-order valence-electron chi connectivity index (χ0n) is 13.6. The Morgan fingerprint density at radius 1 is 1.46 bits per heavy atom. The molecular weight excluding hydrogens is 326 g/mol. The standard InChI is InChI=1S/C16H17N5O2S/c1-4-11-9(2)17-16(19-15(11)23)21-14(18-10(3)22)8-12(20-21)13-6-5-7-24-13/h5-8H,4H2,1-3H3,(H,18,22)(H,17,19,23). The fraction of sp³-hybridized carbons (Fsp3) is 0.250. The van der Waals surface area contributed by atoms with Crippen LogP contribution in [-0.4, -0.2) is 25.7 Å². The predicted octanol–water partition coefficient (Wildman–Crippen LogP) is 2.51. The Labute approximate surface area is 142 Å². The fourth-order valence-electron chi connectivity index (χ4n) is 2.47. The van der Waals surface area contributed by atoms with E-state index in [-0.39, 0.29) is 17.4 Å². The van der Waals surface area contributed by atoms with Gasteiger partial charge in [-0.15, -0.1) is 11.3 Å². The number of carbonyl (C=O) groups is 1. The smallest absolute Gasteiger partial charge is 0.255 e. The molecule has 24 heavy (non-hydrogen) atoms. The van der Waals surface area contributed by atoms with Gasteiger partial charge >= 0.3 is 0 Å². The molecule has 3 rings (SSSR count). The zero-order valence-corrected chi connectivity index (χ0v) is 14.4. The van der Waals surface area contributed by atoms with Gasteiger partial charge in [0.05, 0.1) is 4.88 Å². The van der Waals surface area contributed by atoms with Crippen LogP contribution in [0.25, 0.3) is 16.5 Å². The summed E-state index contributed by atoms with van der Waals surface area (Å²) in [4.78, 5) is 31.8. The van der Waals surface area contributed by atoms with Gasteiger partial charge in [-0.1, -0.05) is 13.0 Å². The van der Waals surface area contributed by atoms with Crippen molar-refractivity contribution in [2.75, 3.05) is 5.32 Å². The lowest BCUT2D eigenvalue weighted by atomic mass is 10.2. The van der Waals surface area contributed by atoms with Gasteiger partial charge in [-0.25, -0.2) is 4.98 Å². The van der Waals surface area contributed by atoms with E-state index in [1.54, 1.807) is 24.3 Å². The zero-order chi connectivity index (χ0) is 17.3.